The number of pyridine rings is 1. The molecule has 4 N–H and O–H groups in total. The number of aromatic nitrogens is 2. The Bertz CT molecular complexity index is 1070. The zero-order chi connectivity index (χ0) is 24.6. The molecule has 5 atom stereocenters. The average molecular weight is 506 g/mol. The third-order valence-corrected chi connectivity index (χ3v) is 7.98. The summed E-state index contributed by atoms with van der Waals surface area (Å²) in [7, 11) is -0.776. The second-order valence-corrected chi connectivity index (χ2v) is 11.5. The first-order valence-electron chi connectivity index (χ1n) is 10.0. The molecule has 0 radical (unpaired) electrons. The normalized spacial score (nSPS) is 27.3. The zero-order valence-electron chi connectivity index (χ0n) is 18.7. The molecule has 1 saturated heterocycles. The fourth-order valence-electron chi connectivity index (χ4n) is 3.48. The van der Waals surface area contributed by atoms with Gasteiger partial charge < -0.3 is 25.3 Å². The van der Waals surface area contributed by atoms with E-state index in [2.05, 4.69) is 4.98 Å². The van der Waals surface area contributed by atoms with Crippen LogP contribution in [0.15, 0.2) is 18.5 Å². The van der Waals surface area contributed by atoms with E-state index in [9.17, 15) is 24.0 Å². The van der Waals surface area contributed by atoms with Crippen LogP contribution in [0.1, 0.15) is 20.1 Å². The van der Waals surface area contributed by atoms with Gasteiger partial charge in [-0.2, -0.15) is 0 Å². The van der Waals surface area contributed by atoms with Crippen molar-refractivity contribution >= 4 is 41.3 Å². The Morgan fingerprint density at radius 2 is 2.18 bits per heavy atom. The van der Waals surface area contributed by atoms with E-state index >= 15 is 0 Å². The smallest absolute Gasteiger partial charge is 0.398 e. The van der Waals surface area contributed by atoms with Crippen molar-refractivity contribution in [1.82, 2.24) is 14.2 Å². The van der Waals surface area contributed by atoms with Gasteiger partial charge in [0.25, 0.3) is 0 Å². The van der Waals surface area contributed by atoms with E-state index < -0.39 is 37.6 Å². The lowest BCUT2D eigenvalue weighted by atomic mass is 9.96. The van der Waals surface area contributed by atoms with Crippen molar-refractivity contribution in [3.05, 3.63) is 24.3 Å². The summed E-state index contributed by atoms with van der Waals surface area (Å²) in [5.41, 5.74) is 4.29. The summed E-state index contributed by atoms with van der Waals surface area (Å²) in [6, 6.07) is 1.45. The molecule has 11 nitrogen and oxygen atoms in total. The number of anilines is 1. The van der Waals surface area contributed by atoms with E-state index in [0.717, 1.165) is 18.0 Å². The highest BCUT2D eigenvalue weighted by molar-refractivity contribution is 8.13. The van der Waals surface area contributed by atoms with Crippen LogP contribution >= 0.6 is 19.5 Å². The largest absolute Gasteiger partial charge is 0.407 e. The van der Waals surface area contributed by atoms with Crippen molar-refractivity contribution in [2.75, 3.05) is 38.8 Å². The van der Waals surface area contributed by atoms with Crippen LogP contribution in [0.5, 0.6) is 0 Å². The molecule has 0 aromatic carbocycles. The molecular formula is C19H28FN4O7PS. The van der Waals surface area contributed by atoms with Gasteiger partial charge >= 0.3 is 7.75 Å². The Kier molecular flexibility index (Phi) is 7.86. The Labute approximate surface area is 194 Å². The highest BCUT2D eigenvalue weighted by Gasteiger charge is 2.54. The molecular weight excluding hydrogens is 478 g/mol. The highest BCUT2D eigenvalue weighted by atomic mass is 32.2. The number of nitrogens with two attached hydrogens (primary N) is 1. The van der Waals surface area contributed by atoms with Crippen LogP contribution in [0, 0.1) is 5.82 Å². The Hall–Kier alpha value is -1.57. The number of thioether (sulfide) groups is 1. The lowest BCUT2D eigenvalue weighted by Crippen LogP contribution is -2.44. The molecule has 2 unspecified atom stereocenters. The zero-order valence-corrected chi connectivity index (χ0v) is 20.4. The van der Waals surface area contributed by atoms with Gasteiger partial charge in [0, 0.05) is 30.8 Å². The van der Waals surface area contributed by atoms with Crippen molar-refractivity contribution < 1.29 is 37.7 Å². The van der Waals surface area contributed by atoms with Gasteiger partial charge in [0.1, 0.15) is 23.5 Å². The number of aliphatic hydroxyl groups excluding tert-OH is 1. The summed E-state index contributed by atoms with van der Waals surface area (Å²) in [4.78, 5) is 15.2. The number of aliphatic hydroxyl groups is 2. The van der Waals surface area contributed by atoms with E-state index in [4.69, 9.17) is 19.5 Å². The third-order valence-electron chi connectivity index (χ3n) is 5.24. The molecule has 1 aliphatic rings. The van der Waals surface area contributed by atoms with E-state index in [-0.39, 0.29) is 40.8 Å². The van der Waals surface area contributed by atoms with Crippen LogP contribution in [-0.2, 0) is 23.1 Å². The molecule has 2 aromatic rings. The molecule has 0 amide bonds. The molecule has 0 aliphatic carbocycles. The number of halogens is 1. The predicted molar refractivity (Wildman–Crippen MR) is 121 cm³/mol. The van der Waals surface area contributed by atoms with E-state index in [1.807, 2.05) is 0 Å². The van der Waals surface area contributed by atoms with Gasteiger partial charge in [-0.15, -0.1) is 0 Å². The lowest BCUT2D eigenvalue weighted by Gasteiger charge is -2.28. The second kappa shape index (κ2) is 9.96. The quantitative estimate of drug-likeness (QED) is 0.337. The average Bonchev–Trinajstić information content (AvgIpc) is 3.18. The van der Waals surface area contributed by atoms with Crippen molar-refractivity contribution in [3.8, 4) is 0 Å². The predicted octanol–water partition coefficient (Wildman–Crippen LogP) is 1.75. The van der Waals surface area contributed by atoms with Crippen LogP contribution < -0.4 is 5.73 Å². The molecule has 1 aliphatic heterocycles. The topological polar surface area (TPSA) is 149 Å². The Morgan fingerprint density at radius 1 is 1.48 bits per heavy atom. The monoisotopic (exact) mass is 506 g/mol. The van der Waals surface area contributed by atoms with Gasteiger partial charge in [0.15, 0.2) is 17.2 Å². The maximum absolute atomic E-state index is 14.5. The van der Waals surface area contributed by atoms with Crippen molar-refractivity contribution in [2.24, 2.45) is 0 Å². The van der Waals surface area contributed by atoms with Crippen LogP contribution in [-0.4, -0.2) is 80.4 Å². The fourth-order valence-corrected chi connectivity index (χ4v) is 5.26. The first-order chi connectivity index (χ1) is 15.4. The van der Waals surface area contributed by atoms with Crippen molar-refractivity contribution in [1.29, 1.82) is 0 Å². The number of nitrogens with zero attached hydrogens (tertiary/aromatic N) is 3. The minimum atomic E-state index is -3.77. The van der Waals surface area contributed by atoms with Crippen LogP contribution in [0.2, 0.25) is 0 Å². The van der Waals surface area contributed by atoms with Crippen molar-refractivity contribution in [2.45, 2.75) is 37.9 Å². The molecule has 3 heterocycles. The van der Waals surface area contributed by atoms with E-state index in [0.29, 0.717) is 0 Å². The van der Waals surface area contributed by atoms with E-state index in [1.54, 1.807) is 0 Å². The molecule has 0 spiro atoms. The first-order valence-corrected chi connectivity index (χ1v) is 12.5. The van der Waals surface area contributed by atoms with E-state index in [1.165, 1.54) is 49.4 Å². The molecule has 0 bridgehead atoms. The molecule has 184 valence electrons. The standard InChI is InChI=1S/C19H28FN4O7PS/c1-11(25)33-8-7-29-32(28,23(3)4)30-10-14-16(26)19(2,27)18(31-14)24-9-12(20)15-13(21)5-6-22-17(15)24/h5-6,9,14,16,18,26-27H,7-8,10H2,1-4H3,(H2,21,22)/t14-,16+,18-,19?,32?/m1/s1. The minimum absolute atomic E-state index is 0.00412. The number of nitrogen functional groups attached to an aromatic ring is 1. The molecule has 1 fully saturated rings. The van der Waals surface area contributed by atoms with Gasteiger partial charge in [0.2, 0.25) is 0 Å². The molecule has 2 aromatic heterocycles. The van der Waals surface area contributed by atoms with Gasteiger partial charge in [-0.05, 0) is 27.1 Å². The summed E-state index contributed by atoms with van der Waals surface area (Å²) in [6.07, 6.45) is -1.33. The van der Waals surface area contributed by atoms with Crippen LogP contribution in [0.25, 0.3) is 11.0 Å². The minimum Gasteiger partial charge on any atom is -0.398 e. The van der Waals surface area contributed by atoms with Gasteiger partial charge in [-0.25, -0.2) is 18.6 Å². The first kappa shape index (κ1) is 26.0. The molecule has 14 heteroatoms. The number of carbonyl (C=O) groups is 1. The molecule has 3 rings (SSSR count). The third kappa shape index (κ3) is 5.25. The maximum Gasteiger partial charge on any atom is 0.407 e. The molecule has 33 heavy (non-hydrogen) atoms. The molecule has 0 saturated carbocycles. The summed E-state index contributed by atoms with van der Waals surface area (Å²) in [5, 5.41) is 21.6. The fraction of sp³-hybridized carbons (Fsp3) is 0.579. The van der Waals surface area contributed by atoms with Gasteiger partial charge in [-0.3, -0.25) is 13.8 Å². The number of ether oxygens (including phenoxy) is 1. The number of hydrogen-bond donors (Lipinski definition) is 3. The number of fused-ring (bicyclic) bond motifs is 1. The maximum atomic E-state index is 14.5. The Morgan fingerprint density at radius 3 is 2.82 bits per heavy atom. The number of carbonyl (C=O) groups excluding carboxylic acids is 1. The Balaban J connectivity index is 1.76. The van der Waals surface area contributed by atoms with Gasteiger partial charge in [-0.1, -0.05) is 11.8 Å². The summed E-state index contributed by atoms with van der Waals surface area (Å²) in [6.45, 7) is 2.35. The summed E-state index contributed by atoms with van der Waals surface area (Å²) < 4.78 is 46.8. The van der Waals surface area contributed by atoms with Crippen molar-refractivity contribution in [3.63, 3.8) is 0 Å². The van der Waals surface area contributed by atoms with Crippen LogP contribution in [0.3, 0.4) is 0 Å². The summed E-state index contributed by atoms with van der Waals surface area (Å²) >= 11 is 1.02. The highest BCUT2D eigenvalue weighted by Crippen LogP contribution is 2.51. The van der Waals surface area contributed by atoms with Crippen LogP contribution in [0.4, 0.5) is 10.1 Å². The second-order valence-electron chi connectivity index (χ2n) is 7.97. The SMILES string of the molecule is CC(=O)SCCOP(=O)(OC[C@H]1O[C@@H](n2cc(F)c3c(N)ccnc32)C(C)(O)[C@H]1O)N(C)C. The lowest BCUT2D eigenvalue weighted by molar-refractivity contribution is -0.109. The number of hydrogen-bond acceptors (Lipinski definition) is 10. The summed E-state index contributed by atoms with van der Waals surface area (Å²) in [5.74, 6) is -0.365. The van der Waals surface area contributed by atoms with Gasteiger partial charge in [0.05, 0.1) is 18.6 Å². The number of rotatable bonds is 9.